The van der Waals surface area contributed by atoms with Crippen LogP contribution in [0, 0.1) is 13.8 Å². The molecule has 0 aliphatic rings. The Bertz CT molecular complexity index is 807. The summed E-state index contributed by atoms with van der Waals surface area (Å²) in [7, 11) is 0. The number of ether oxygens (including phenoxy) is 1. The summed E-state index contributed by atoms with van der Waals surface area (Å²) in [5, 5.41) is 0.877. The van der Waals surface area contributed by atoms with Crippen molar-refractivity contribution in [3.05, 3.63) is 75.7 Å². The average Bonchev–Trinajstić information content (AvgIpc) is 2.92. The molecule has 1 aromatic heterocycles. The Morgan fingerprint density at radius 2 is 1.65 bits per heavy atom. The highest BCUT2D eigenvalue weighted by molar-refractivity contribution is 7.13. The summed E-state index contributed by atoms with van der Waals surface area (Å²) in [6, 6.07) is 18.2. The van der Waals surface area contributed by atoms with Gasteiger partial charge in [0.2, 0.25) is 0 Å². The van der Waals surface area contributed by atoms with E-state index in [-0.39, 0.29) is 12.6 Å². The van der Waals surface area contributed by atoms with Gasteiger partial charge in [0, 0.05) is 0 Å². The molecule has 0 amide bonds. The van der Waals surface area contributed by atoms with Crippen LogP contribution in [0.4, 0.5) is 0 Å². The number of aromatic nitrogens is 1. The summed E-state index contributed by atoms with van der Waals surface area (Å²) >= 11 is 1.37. The molecule has 3 nitrogen and oxygen atoms in total. The van der Waals surface area contributed by atoms with Crippen LogP contribution in [0.1, 0.15) is 25.9 Å². The number of rotatable bonds is 4. The van der Waals surface area contributed by atoms with E-state index in [1.54, 1.807) is 0 Å². The Morgan fingerprint density at radius 3 is 2.26 bits per heavy atom. The van der Waals surface area contributed by atoms with Crippen molar-refractivity contribution in [2.45, 2.75) is 20.5 Å². The van der Waals surface area contributed by atoms with E-state index in [2.05, 4.69) is 17.1 Å². The van der Waals surface area contributed by atoms with Crippen molar-refractivity contribution in [3.8, 4) is 11.1 Å². The average molecular weight is 323 g/mol. The summed E-state index contributed by atoms with van der Waals surface area (Å²) in [6.07, 6.45) is 0. The Labute approximate surface area is 139 Å². The van der Waals surface area contributed by atoms with Gasteiger partial charge in [-0.1, -0.05) is 54.6 Å². The predicted octanol–water partition coefficient (Wildman–Crippen LogP) is 4.78. The molecule has 0 N–H and O–H groups in total. The lowest BCUT2D eigenvalue weighted by molar-refractivity contribution is 0.0477. The highest BCUT2D eigenvalue weighted by atomic mass is 32.1. The fourth-order valence-corrected chi connectivity index (χ4v) is 3.17. The number of benzene rings is 2. The second-order valence-electron chi connectivity index (χ2n) is 5.29. The van der Waals surface area contributed by atoms with Gasteiger partial charge in [-0.3, -0.25) is 0 Å². The Morgan fingerprint density at radius 1 is 1.00 bits per heavy atom. The van der Waals surface area contributed by atoms with Gasteiger partial charge < -0.3 is 4.74 Å². The minimum atomic E-state index is -0.305. The number of hydrogen-bond acceptors (Lipinski definition) is 4. The van der Waals surface area contributed by atoms with Gasteiger partial charge in [0.05, 0.1) is 10.7 Å². The van der Waals surface area contributed by atoms with Gasteiger partial charge in [0.15, 0.2) is 0 Å². The van der Waals surface area contributed by atoms with Crippen molar-refractivity contribution in [2.24, 2.45) is 0 Å². The number of thiazole rings is 1. The molecule has 2 aromatic carbocycles. The molecule has 0 saturated carbocycles. The molecule has 0 spiro atoms. The van der Waals surface area contributed by atoms with Crippen LogP contribution in [0.2, 0.25) is 0 Å². The molecule has 0 saturated heterocycles. The SMILES string of the molecule is Cc1nc(C)c(C(=O)OCc2ccc(-c3ccccc3)cc2)s1. The summed E-state index contributed by atoms with van der Waals surface area (Å²) < 4.78 is 5.39. The summed E-state index contributed by atoms with van der Waals surface area (Å²) in [5.41, 5.74) is 4.02. The first-order valence-electron chi connectivity index (χ1n) is 7.39. The van der Waals surface area contributed by atoms with E-state index in [4.69, 9.17) is 4.74 Å². The van der Waals surface area contributed by atoms with E-state index in [1.807, 2.05) is 56.3 Å². The van der Waals surface area contributed by atoms with Crippen molar-refractivity contribution < 1.29 is 9.53 Å². The Hall–Kier alpha value is -2.46. The summed E-state index contributed by atoms with van der Waals surface area (Å²) in [5.74, 6) is -0.305. The molecule has 116 valence electrons. The van der Waals surface area contributed by atoms with Gasteiger partial charge in [0.25, 0.3) is 0 Å². The molecule has 3 rings (SSSR count). The number of carbonyl (C=O) groups excluding carboxylic acids is 1. The maximum Gasteiger partial charge on any atom is 0.350 e. The van der Waals surface area contributed by atoms with Crippen molar-refractivity contribution in [1.29, 1.82) is 0 Å². The second kappa shape index (κ2) is 6.75. The van der Waals surface area contributed by atoms with Gasteiger partial charge >= 0.3 is 5.97 Å². The molecular weight excluding hydrogens is 306 g/mol. The minimum Gasteiger partial charge on any atom is -0.457 e. The molecule has 23 heavy (non-hydrogen) atoms. The van der Waals surface area contributed by atoms with Gasteiger partial charge in [-0.2, -0.15) is 0 Å². The van der Waals surface area contributed by atoms with Crippen LogP contribution in [-0.4, -0.2) is 11.0 Å². The molecule has 4 heteroatoms. The van der Waals surface area contributed by atoms with Crippen molar-refractivity contribution >= 4 is 17.3 Å². The lowest BCUT2D eigenvalue weighted by Crippen LogP contribution is -2.04. The zero-order valence-electron chi connectivity index (χ0n) is 13.1. The highest BCUT2D eigenvalue weighted by Gasteiger charge is 2.15. The summed E-state index contributed by atoms with van der Waals surface area (Å²) in [4.78, 5) is 16.9. The number of esters is 1. The Balaban J connectivity index is 1.65. The number of carbonyl (C=O) groups is 1. The van der Waals surface area contributed by atoms with E-state index in [9.17, 15) is 4.79 Å². The molecule has 0 aliphatic carbocycles. The molecule has 3 aromatic rings. The lowest BCUT2D eigenvalue weighted by atomic mass is 10.0. The topological polar surface area (TPSA) is 39.2 Å². The quantitative estimate of drug-likeness (QED) is 0.648. The van der Waals surface area contributed by atoms with Gasteiger partial charge in [-0.05, 0) is 30.5 Å². The fourth-order valence-electron chi connectivity index (χ4n) is 2.36. The first-order valence-corrected chi connectivity index (χ1v) is 8.20. The van der Waals surface area contributed by atoms with Gasteiger partial charge in [-0.15, -0.1) is 11.3 Å². The maximum atomic E-state index is 12.1. The van der Waals surface area contributed by atoms with Gasteiger partial charge in [-0.25, -0.2) is 9.78 Å². The minimum absolute atomic E-state index is 0.268. The fraction of sp³-hybridized carbons (Fsp3) is 0.158. The standard InChI is InChI=1S/C19H17NO2S/c1-13-18(23-14(2)20-13)19(21)22-12-15-8-10-17(11-9-15)16-6-4-3-5-7-16/h3-11H,12H2,1-2H3. The third kappa shape index (κ3) is 3.66. The zero-order valence-corrected chi connectivity index (χ0v) is 13.9. The van der Waals surface area contributed by atoms with E-state index in [1.165, 1.54) is 16.9 Å². The number of nitrogens with zero attached hydrogens (tertiary/aromatic N) is 1. The number of hydrogen-bond donors (Lipinski definition) is 0. The van der Waals surface area contributed by atoms with E-state index in [0.29, 0.717) is 4.88 Å². The Kier molecular flexibility index (Phi) is 4.53. The normalized spacial score (nSPS) is 10.5. The molecule has 0 radical (unpaired) electrons. The van der Waals surface area contributed by atoms with Crippen LogP contribution in [0.25, 0.3) is 11.1 Å². The molecule has 0 bridgehead atoms. The number of aryl methyl sites for hydroxylation is 2. The van der Waals surface area contributed by atoms with Crippen LogP contribution in [0.5, 0.6) is 0 Å². The smallest absolute Gasteiger partial charge is 0.350 e. The molecule has 1 heterocycles. The first-order chi connectivity index (χ1) is 11.1. The van der Waals surface area contributed by atoms with Crippen molar-refractivity contribution in [3.63, 3.8) is 0 Å². The second-order valence-corrected chi connectivity index (χ2v) is 6.49. The van der Waals surface area contributed by atoms with Gasteiger partial charge in [0.1, 0.15) is 11.5 Å². The summed E-state index contributed by atoms with van der Waals surface area (Å²) in [6.45, 7) is 3.98. The van der Waals surface area contributed by atoms with E-state index >= 15 is 0 Å². The molecule has 0 unspecified atom stereocenters. The highest BCUT2D eigenvalue weighted by Crippen LogP contribution is 2.21. The monoisotopic (exact) mass is 323 g/mol. The predicted molar refractivity (Wildman–Crippen MR) is 92.6 cm³/mol. The van der Waals surface area contributed by atoms with E-state index < -0.39 is 0 Å². The van der Waals surface area contributed by atoms with Crippen LogP contribution < -0.4 is 0 Å². The molecule has 0 atom stereocenters. The van der Waals surface area contributed by atoms with Crippen LogP contribution >= 0.6 is 11.3 Å². The molecular formula is C19H17NO2S. The van der Waals surface area contributed by atoms with Crippen molar-refractivity contribution in [2.75, 3.05) is 0 Å². The van der Waals surface area contributed by atoms with Crippen molar-refractivity contribution in [1.82, 2.24) is 4.98 Å². The van der Waals surface area contributed by atoms with Crippen LogP contribution in [-0.2, 0) is 11.3 Å². The first kappa shape index (κ1) is 15.4. The van der Waals surface area contributed by atoms with E-state index in [0.717, 1.165) is 21.8 Å². The maximum absolute atomic E-state index is 12.1. The van der Waals surface area contributed by atoms with Crippen LogP contribution in [0.15, 0.2) is 54.6 Å². The molecule has 0 aliphatic heterocycles. The third-order valence-electron chi connectivity index (χ3n) is 3.52. The third-order valence-corrected chi connectivity index (χ3v) is 4.57. The largest absolute Gasteiger partial charge is 0.457 e. The molecule has 0 fully saturated rings. The zero-order chi connectivity index (χ0) is 16.2. The van der Waals surface area contributed by atoms with Crippen LogP contribution in [0.3, 0.4) is 0 Å². The lowest BCUT2D eigenvalue weighted by Gasteiger charge is -2.06.